The van der Waals surface area contributed by atoms with E-state index in [4.69, 9.17) is 0 Å². The van der Waals surface area contributed by atoms with Gasteiger partial charge in [-0.15, -0.1) is 0 Å². The van der Waals surface area contributed by atoms with Gasteiger partial charge in [0.1, 0.15) is 6.17 Å². The van der Waals surface area contributed by atoms with Gasteiger partial charge in [-0.2, -0.15) is 0 Å². The summed E-state index contributed by atoms with van der Waals surface area (Å²) in [5, 5.41) is 11.3. The number of carbonyl (C=O) groups is 1. The van der Waals surface area contributed by atoms with E-state index in [-0.39, 0.29) is 12.1 Å². The molecule has 0 aliphatic carbocycles. The number of para-hydroxylation sites is 1. The molecule has 120 valence electrons. The van der Waals surface area contributed by atoms with Gasteiger partial charge in [-0.1, -0.05) is 60.7 Å². The molecule has 0 bridgehead atoms. The standard InChI is InChI=1S/C22H16N2O/c25-22-18-11-5-6-12-19(18)23-21(24-22)20-16-9-3-1-7-14(16)13-15-8-2-4-10-17(15)20/h1-13,21,23H,(H,24,25)/t21-/m0/s1. The van der Waals surface area contributed by atoms with Crippen LogP contribution in [0, 0.1) is 0 Å². The zero-order valence-corrected chi connectivity index (χ0v) is 13.5. The van der Waals surface area contributed by atoms with Gasteiger partial charge in [0, 0.05) is 11.3 Å². The molecule has 25 heavy (non-hydrogen) atoms. The maximum Gasteiger partial charge on any atom is 0.255 e. The molecule has 0 fully saturated rings. The van der Waals surface area contributed by atoms with Crippen molar-refractivity contribution < 1.29 is 4.79 Å². The van der Waals surface area contributed by atoms with Gasteiger partial charge in [0.2, 0.25) is 0 Å². The number of benzene rings is 4. The van der Waals surface area contributed by atoms with E-state index in [0.717, 1.165) is 22.0 Å². The lowest BCUT2D eigenvalue weighted by Gasteiger charge is -2.30. The topological polar surface area (TPSA) is 41.1 Å². The average molecular weight is 324 g/mol. The summed E-state index contributed by atoms with van der Waals surface area (Å²) in [5.41, 5.74) is 2.66. The van der Waals surface area contributed by atoms with Crippen LogP contribution < -0.4 is 10.6 Å². The summed E-state index contributed by atoms with van der Waals surface area (Å²) in [6, 6.07) is 26.5. The van der Waals surface area contributed by atoms with E-state index in [1.807, 2.05) is 48.5 Å². The predicted octanol–water partition coefficient (Wildman–Crippen LogP) is 4.85. The third-order valence-corrected chi connectivity index (χ3v) is 4.85. The number of rotatable bonds is 1. The molecule has 3 nitrogen and oxygen atoms in total. The number of carbonyl (C=O) groups excluding carboxylic acids is 1. The maximum absolute atomic E-state index is 12.6. The average Bonchev–Trinajstić information content (AvgIpc) is 2.66. The molecule has 0 radical (unpaired) electrons. The van der Waals surface area contributed by atoms with Crippen molar-refractivity contribution in [2.24, 2.45) is 0 Å². The van der Waals surface area contributed by atoms with Crippen LogP contribution in [-0.2, 0) is 0 Å². The van der Waals surface area contributed by atoms with E-state index in [9.17, 15) is 4.79 Å². The molecular weight excluding hydrogens is 308 g/mol. The van der Waals surface area contributed by atoms with E-state index in [1.54, 1.807) is 0 Å². The molecule has 0 spiro atoms. The van der Waals surface area contributed by atoms with Crippen LogP contribution in [0.4, 0.5) is 5.69 Å². The minimum Gasteiger partial charge on any atom is -0.361 e. The molecule has 1 heterocycles. The first-order valence-corrected chi connectivity index (χ1v) is 8.38. The van der Waals surface area contributed by atoms with Crippen molar-refractivity contribution in [2.45, 2.75) is 6.17 Å². The van der Waals surface area contributed by atoms with Gasteiger partial charge < -0.3 is 10.6 Å². The highest BCUT2D eigenvalue weighted by molar-refractivity contribution is 6.06. The van der Waals surface area contributed by atoms with E-state index < -0.39 is 0 Å². The maximum atomic E-state index is 12.6. The predicted molar refractivity (Wildman–Crippen MR) is 102 cm³/mol. The largest absolute Gasteiger partial charge is 0.361 e. The highest BCUT2D eigenvalue weighted by atomic mass is 16.2. The molecule has 5 rings (SSSR count). The Labute approximate surface area is 145 Å². The van der Waals surface area contributed by atoms with E-state index in [0.29, 0.717) is 5.56 Å². The van der Waals surface area contributed by atoms with Gasteiger partial charge in [0.05, 0.1) is 5.56 Å². The highest BCUT2D eigenvalue weighted by Crippen LogP contribution is 2.35. The van der Waals surface area contributed by atoms with Gasteiger partial charge in [0.15, 0.2) is 0 Å². The highest BCUT2D eigenvalue weighted by Gasteiger charge is 2.26. The molecule has 3 heteroatoms. The number of fused-ring (bicyclic) bond motifs is 3. The summed E-state index contributed by atoms with van der Waals surface area (Å²) in [4.78, 5) is 12.6. The lowest BCUT2D eigenvalue weighted by molar-refractivity contribution is 0.0936. The zero-order valence-electron chi connectivity index (χ0n) is 13.5. The monoisotopic (exact) mass is 324 g/mol. The molecule has 0 saturated heterocycles. The minimum atomic E-state index is -0.265. The van der Waals surface area contributed by atoms with Crippen LogP contribution in [0.25, 0.3) is 21.5 Å². The molecule has 0 aromatic heterocycles. The van der Waals surface area contributed by atoms with Crippen LogP contribution in [0.3, 0.4) is 0 Å². The molecular formula is C22H16N2O. The fourth-order valence-corrected chi connectivity index (χ4v) is 3.71. The SMILES string of the molecule is O=C1N[C@@H](c2c3ccccc3cc3ccccc23)Nc2ccccc21. The normalized spacial score (nSPS) is 16.3. The first kappa shape index (κ1) is 14.1. The van der Waals surface area contributed by atoms with Crippen LogP contribution in [-0.4, -0.2) is 5.91 Å². The van der Waals surface area contributed by atoms with Crippen molar-refractivity contribution in [1.29, 1.82) is 0 Å². The molecule has 4 aromatic rings. The number of hydrogen-bond donors (Lipinski definition) is 2. The van der Waals surface area contributed by atoms with Crippen molar-refractivity contribution in [1.82, 2.24) is 5.32 Å². The summed E-state index contributed by atoms with van der Waals surface area (Å²) < 4.78 is 0. The van der Waals surface area contributed by atoms with Crippen molar-refractivity contribution in [2.75, 3.05) is 5.32 Å². The Kier molecular flexibility index (Phi) is 3.01. The van der Waals surface area contributed by atoms with E-state index in [1.165, 1.54) is 10.8 Å². The fraction of sp³-hybridized carbons (Fsp3) is 0.0455. The Morgan fingerprint density at radius 3 is 2.00 bits per heavy atom. The molecule has 1 atom stereocenters. The Balaban J connectivity index is 1.78. The zero-order chi connectivity index (χ0) is 16.8. The second kappa shape index (κ2) is 5.35. The summed E-state index contributed by atoms with van der Waals surface area (Å²) in [5.74, 6) is -0.0450. The number of nitrogens with one attached hydrogen (secondary N) is 2. The van der Waals surface area contributed by atoms with Crippen LogP contribution >= 0.6 is 0 Å². The number of anilines is 1. The van der Waals surface area contributed by atoms with Crippen LogP contribution in [0.2, 0.25) is 0 Å². The summed E-state index contributed by atoms with van der Waals surface area (Å²) in [6.07, 6.45) is -0.265. The Morgan fingerprint density at radius 1 is 0.680 bits per heavy atom. The molecule has 1 aliphatic heterocycles. The lowest BCUT2D eigenvalue weighted by Crippen LogP contribution is -2.38. The fourth-order valence-electron chi connectivity index (χ4n) is 3.71. The molecule has 4 aromatic carbocycles. The van der Waals surface area contributed by atoms with E-state index in [2.05, 4.69) is 41.0 Å². The Hall–Kier alpha value is -3.33. The van der Waals surface area contributed by atoms with Gasteiger partial charge >= 0.3 is 0 Å². The Morgan fingerprint density at radius 2 is 1.28 bits per heavy atom. The molecule has 0 saturated carbocycles. The third kappa shape index (κ3) is 2.17. The molecule has 1 amide bonds. The smallest absolute Gasteiger partial charge is 0.255 e. The van der Waals surface area contributed by atoms with Crippen LogP contribution in [0.1, 0.15) is 22.1 Å². The number of hydrogen-bond acceptors (Lipinski definition) is 2. The second-order valence-corrected chi connectivity index (χ2v) is 6.33. The van der Waals surface area contributed by atoms with Crippen LogP contribution in [0.5, 0.6) is 0 Å². The third-order valence-electron chi connectivity index (χ3n) is 4.85. The lowest BCUT2D eigenvalue weighted by atomic mass is 9.93. The first-order valence-electron chi connectivity index (χ1n) is 8.38. The Bertz CT molecular complexity index is 1080. The summed E-state index contributed by atoms with van der Waals surface area (Å²) in [6.45, 7) is 0. The molecule has 2 N–H and O–H groups in total. The van der Waals surface area contributed by atoms with Gasteiger partial charge in [-0.3, -0.25) is 4.79 Å². The summed E-state index contributed by atoms with van der Waals surface area (Å²) >= 11 is 0. The minimum absolute atomic E-state index is 0.0450. The van der Waals surface area contributed by atoms with Crippen molar-refractivity contribution in [3.05, 3.63) is 90.0 Å². The summed E-state index contributed by atoms with van der Waals surface area (Å²) in [7, 11) is 0. The first-order chi connectivity index (χ1) is 12.3. The van der Waals surface area contributed by atoms with Gasteiger partial charge in [-0.25, -0.2) is 0 Å². The van der Waals surface area contributed by atoms with Crippen molar-refractivity contribution >= 4 is 33.1 Å². The van der Waals surface area contributed by atoms with Crippen molar-refractivity contribution in [3.8, 4) is 0 Å². The van der Waals surface area contributed by atoms with Gasteiger partial charge in [-0.05, 0) is 39.7 Å². The number of amides is 1. The molecule has 1 aliphatic rings. The van der Waals surface area contributed by atoms with Crippen LogP contribution in [0.15, 0.2) is 78.9 Å². The molecule has 0 unspecified atom stereocenters. The van der Waals surface area contributed by atoms with E-state index >= 15 is 0 Å². The van der Waals surface area contributed by atoms with Crippen molar-refractivity contribution in [3.63, 3.8) is 0 Å². The van der Waals surface area contributed by atoms with Gasteiger partial charge in [0.25, 0.3) is 5.91 Å². The quantitative estimate of drug-likeness (QED) is 0.492. The second-order valence-electron chi connectivity index (χ2n) is 6.33.